The summed E-state index contributed by atoms with van der Waals surface area (Å²) in [5.74, 6) is -2.43. The summed E-state index contributed by atoms with van der Waals surface area (Å²) >= 11 is 5.66. The van der Waals surface area contributed by atoms with E-state index < -0.39 is 47.9 Å². The molecule has 10 N–H and O–H groups in total. The van der Waals surface area contributed by atoms with E-state index in [1.165, 1.54) is 0 Å². The molecule has 0 bridgehead atoms. The Balaban J connectivity index is 5.32. The van der Waals surface area contributed by atoms with Gasteiger partial charge in [0.25, 0.3) is 0 Å². The minimum atomic E-state index is -1.17. The van der Waals surface area contributed by atoms with Crippen molar-refractivity contribution in [1.82, 2.24) is 16.0 Å². The molecule has 3 amide bonds. The Kier molecular flexibility index (Phi) is 16.2. The Hall–Kier alpha value is -2.19. The molecule has 0 aliphatic carbocycles. The third-order valence-electron chi connectivity index (χ3n) is 4.69. The van der Waals surface area contributed by atoms with Crippen molar-refractivity contribution >= 4 is 54.0 Å². The zero-order chi connectivity index (χ0) is 26.3. The Bertz CT molecular complexity index is 705. The van der Waals surface area contributed by atoms with Crippen molar-refractivity contribution < 1.29 is 24.3 Å². The lowest BCUT2D eigenvalue weighted by Crippen LogP contribution is -2.57. The van der Waals surface area contributed by atoms with Crippen LogP contribution < -0.4 is 33.2 Å². The number of carbonyl (C=O) groups is 4. The molecular formula is C20H39N7O5S2. The Morgan fingerprint density at radius 2 is 1.53 bits per heavy atom. The number of thiol groups is 1. The van der Waals surface area contributed by atoms with E-state index in [-0.39, 0.29) is 37.0 Å². The van der Waals surface area contributed by atoms with Gasteiger partial charge in [0.05, 0.1) is 6.04 Å². The maximum atomic E-state index is 12.9. The van der Waals surface area contributed by atoms with Crippen LogP contribution in [0.4, 0.5) is 0 Å². The standard InChI is InChI=1S/C20H39N7O5S2/c1-11(2)9-14(19(31)32)26-18(30)15(10-33)27-17(29)13(5-4-7-24-20(22)23)25-16(28)12(21)6-8-34-3/h11-15,33H,4-10,21H2,1-3H3,(H,25,28)(H,26,30)(H,27,29)(H,31,32)(H4,22,23,24). The van der Waals surface area contributed by atoms with Gasteiger partial charge in [0.2, 0.25) is 17.7 Å². The second kappa shape index (κ2) is 17.3. The molecule has 34 heavy (non-hydrogen) atoms. The van der Waals surface area contributed by atoms with Gasteiger partial charge in [-0.05, 0) is 43.6 Å². The predicted octanol–water partition coefficient (Wildman–Crippen LogP) is -1.36. The van der Waals surface area contributed by atoms with Crippen molar-refractivity contribution in [3.63, 3.8) is 0 Å². The van der Waals surface area contributed by atoms with E-state index in [0.29, 0.717) is 18.6 Å². The van der Waals surface area contributed by atoms with E-state index >= 15 is 0 Å². The van der Waals surface area contributed by atoms with Gasteiger partial charge in [0, 0.05) is 12.3 Å². The molecule has 12 nitrogen and oxygen atoms in total. The van der Waals surface area contributed by atoms with E-state index in [2.05, 4.69) is 33.6 Å². The highest BCUT2D eigenvalue weighted by Crippen LogP contribution is 2.07. The molecule has 0 aromatic heterocycles. The molecule has 0 aliphatic heterocycles. The number of hydrogen-bond acceptors (Lipinski definition) is 8. The first-order valence-electron chi connectivity index (χ1n) is 11.0. The molecule has 0 fully saturated rings. The lowest BCUT2D eigenvalue weighted by Gasteiger charge is -2.24. The second-order valence-electron chi connectivity index (χ2n) is 8.17. The summed E-state index contributed by atoms with van der Waals surface area (Å²) in [4.78, 5) is 53.3. The molecule has 196 valence electrons. The van der Waals surface area contributed by atoms with Crippen molar-refractivity contribution in [2.75, 3.05) is 24.3 Å². The topological polar surface area (TPSA) is 215 Å². The van der Waals surface area contributed by atoms with Crippen LogP contribution in [0.1, 0.15) is 39.5 Å². The van der Waals surface area contributed by atoms with E-state index in [1.807, 2.05) is 20.1 Å². The van der Waals surface area contributed by atoms with Gasteiger partial charge in [0.1, 0.15) is 18.1 Å². The smallest absolute Gasteiger partial charge is 0.326 e. The van der Waals surface area contributed by atoms with Gasteiger partial charge in [-0.25, -0.2) is 4.79 Å². The van der Waals surface area contributed by atoms with Crippen LogP contribution in [0.15, 0.2) is 4.99 Å². The Labute approximate surface area is 210 Å². The number of rotatable bonds is 17. The number of thioether (sulfide) groups is 1. The number of carboxylic acid groups (broad SMARTS) is 1. The van der Waals surface area contributed by atoms with Gasteiger partial charge >= 0.3 is 5.97 Å². The van der Waals surface area contributed by atoms with Crippen LogP contribution in [0.5, 0.6) is 0 Å². The summed E-state index contributed by atoms with van der Waals surface area (Å²) in [6, 6.07) is -4.00. The molecule has 0 radical (unpaired) electrons. The summed E-state index contributed by atoms with van der Waals surface area (Å²) in [5, 5.41) is 16.9. The average Bonchev–Trinajstić information content (AvgIpc) is 2.76. The van der Waals surface area contributed by atoms with Gasteiger partial charge in [-0.3, -0.25) is 19.4 Å². The van der Waals surface area contributed by atoms with Crippen molar-refractivity contribution in [3.05, 3.63) is 0 Å². The van der Waals surface area contributed by atoms with Gasteiger partial charge in [-0.15, -0.1) is 0 Å². The predicted molar refractivity (Wildman–Crippen MR) is 138 cm³/mol. The van der Waals surface area contributed by atoms with Crippen molar-refractivity contribution in [3.8, 4) is 0 Å². The number of nitrogens with one attached hydrogen (secondary N) is 3. The SMILES string of the molecule is CSCCC(N)C(=O)NC(CCCN=C(N)N)C(=O)NC(CS)C(=O)NC(CC(C)C)C(=O)O. The number of nitrogens with two attached hydrogens (primary N) is 3. The van der Waals surface area contributed by atoms with Crippen LogP contribution in [0, 0.1) is 5.92 Å². The first-order chi connectivity index (χ1) is 15.9. The number of aliphatic carboxylic acids is 1. The van der Waals surface area contributed by atoms with Crippen molar-refractivity contribution in [2.45, 2.75) is 63.7 Å². The minimum Gasteiger partial charge on any atom is -0.480 e. The van der Waals surface area contributed by atoms with E-state index in [0.717, 1.165) is 0 Å². The molecule has 0 heterocycles. The monoisotopic (exact) mass is 521 g/mol. The third kappa shape index (κ3) is 13.5. The van der Waals surface area contributed by atoms with Gasteiger partial charge in [-0.1, -0.05) is 13.8 Å². The highest BCUT2D eigenvalue weighted by molar-refractivity contribution is 7.98. The molecule has 0 aromatic rings. The van der Waals surface area contributed by atoms with Crippen LogP contribution in [-0.4, -0.2) is 83.2 Å². The van der Waals surface area contributed by atoms with Gasteiger partial charge in [-0.2, -0.15) is 24.4 Å². The zero-order valence-corrected chi connectivity index (χ0v) is 21.7. The Morgan fingerprint density at radius 3 is 2.03 bits per heavy atom. The number of amides is 3. The molecule has 14 heteroatoms. The van der Waals surface area contributed by atoms with Crippen LogP contribution in [-0.2, 0) is 19.2 Å². The second-order valence-corrected chi connectivity index (χ2v) is 9.52. The number of guanidine groups is 1. The fourth-order valence-corrected chi connectivity index (χ4v) is 3.61. The van der Waals surface area contributed by atoms with Gasteiger partial charge in [0.15, 0.2) is 5.96 Å². The third-order valence-corrected chi connectivity index (χ3v) is 5.69. The van der Waals surface area contributed by atoms with Crippen LogP contribution in [0.25, 0.3) is 0 Å². The molecule has 4 unspecified atom stereocenters. The van der Waals surface area contributed by atoms with Crippen LogP contribution >= 0.6 is 24.4 Å². The number of aliphatic imine (C=N–C) groups is 1. The molecule has 0 rings (SSSR count). The first-order valence-corrected chi connectivity index (χ1v) is 13.0. The van der Waals surface area contributed by atoms with E-state index in [4.69, 9.17) is 17.2 Å². The summed E-state index contributed by atoms with van der Waals surface area (Å²) in [5.41, 5.74) is 16.5. The summed E-state index contributed by atoms with van der Waals surface area (Å²) in [7, 11) is 0. The maximum Gasteiger partial charge on any atom is 0.326 e. The van der Waals surface area contributed by atoms with Crippen molar-refractivity contribution in [1.29, 1.82) is 0 Å². The molecule has 0 aliphatic rings. The maximum absolute atomic E-state index is 12.9. The molecular weight excluding hydrogens is 482 g/mol. The minimum absolute atomic E-state index is 0.0329. The largest absolute Gasteiger partial charge is 0.480 e. The fourth-order valence-electron chi connectivity index (χ4n) is 2.86. The number of carboxylic acids is 1. The van der Waals surface area contributed by atoms with E-state index in [9.17, 15) is 24.3 Å². The van der Waals surface area contributed by atoms with Gasteiger partial charge < -0.3 is 38.3 Å². The summed E-state index contributed by atoms with van der Waals surface area (Å²) < 4.78 is 0. The number of hydrogen-bond donors (Lipinski definition) is 8. The quantitative estimate of drug-likeness (QED) is 0.0490. The van der Waals surface area contributed by atoms with Crippen molar-refractivity contribution in [2.24, 2.45) is 28.1 Å². The van der Waals surface area contributed by atoms with Crippen LogP contribution in [0.2, 0.25) is 0 Å². The highest BCUT2D eigenvalue weighted by Gasteiger charge is 2.29. The number of carbonyl (C=O) groups excluding carboxylic acids is 3. The molecule has 0 aromatic carbocycles. The summed E-state index contributed by atoms with van der Waals surface area (Å²) in [6.45, 7) is 3.91. The molecule has 4 atom stereocenters. The Morgan fingerprint density at radius 1 is 0.971 bits per heavy atom. The number of nitrogens with zero attached hydrogens (tertiary/aromatic N) is 1. The highest BCUT2D eigenvalue weighted by atomic mass is 32.2. The lowest BCUT2D eigenvalue weighted by molar-refractivity contribution is -0.142. The molecule has 0 saturated carbocycles. The first kappa shape index (κ1) is 31.8. The van der Waals surface area contributed by atoms with Crippen LogP contribution in [0.3, 0.4) is 0 Å². The average molecular weight is 522 g/mol. The zero-order valence-electron chi connectivity index (χ0n) is 20.0. The fraction of sp³-hybridized carbons (Fsp3) is 0.750. The normalized spacial score (nSPS) is 14.4. The molecule has 0 spiro atoms. The van der Waals surface area contributed by atoms with E-state index in [1.54, 1.807) is 11.8 Å². The summed E-state index contributed by atoms with van der Waals surface area (Å²) in [6.07, 6.45) is 3.12. The molecule has 0 saturated heterocycles. The lowest BCUT2D eigenvalue weighted by atomic mass is 10.0.